The van der Waals surface area contributed by atoms with Gasteiger partial charge in [0, 0.05) is 12.1 Å². The zero-order chi connectivity index (χ0) is 22.3. The SMILES string of the molecule is CCC(C(=O)NC(C)(C)C)N(Cc1ccc(F)cc1)C(=O)COc1ccc(F)cc1. The van der Waals surface area contributed by atoms with Crippen LogP contribution in [0, 0.1) is 11.6 Å². The average molecular weight is 418 g/mol. The fraction of sp³-hybridized carbons (Fsp3) is 0.391. The summed E-state index contributed by atoms with van der Waals surface area (Å²) in [6.07, 6.45) is 0.394. The topological polar surface area (TPSA) is 58.6 Å². The molecular weight excluding hydrogens is 390 g/mol. The zero-order valence-electron chi connectivity index (χ0n) is 17.7. The number of carbonyl (C=O) groups excluding carboxylic acids is 2. The highest BCUT2D eigenvalue weighted by Gasteiger charge is 2.30. The second-order valence-electron chi connectivity index (χ2n) is 8.05. The maximum absolute atomic E-state index is 13.3. The largest absolute Gasteiger partial charge is 0.484 e. The minimum absolute atomic E-state index is 0.127. The molecular formula is C23H28F2N2O3. The highest BCUT2D eigenvalue weighted by atomic mass is 19.1. The molecule has 2 rings (SSSR count). The number of rotatable bonds is 8. The van der Waals surface area contributed by atoms with Gasteiger partial charge in [-0.1, -0.05) is 19.1 Å². The summed E-state index contributed by atoms with van der Waals surface area (Å²) in [4.78, 5) is 27.3. The number of halogens is 2. The molecule has 2 aromatic carbocycles. The molecule has 0 aliphatic heterocycles. The average Bonchev–Trinajstić information content (AvgIpc) is 2.67. The third kappa shape index (κ3) is 7.13. The van der Waals surface area contributed by atoms with Crippen LogP contribution in [0.2, 0.25) is 0 Å². The van der Waals surface area contributed by atoms with Crippen molar-refractivity contribution in [3.05, 3.63) is 65.7 Å². The predicted molar refractivity (Wildman–Crippen MR) is 111 cm³/mol. The summed E-state index contributed by atoms with van der Waals surface area (Å²) >= 11 is 0. The Morgan fingerprint density at radius 1 is 1.00 bits per heavy atom. The quantitative estimate of drug-likeness (QED) is 0.703. The Bertz CT molecular complexity index is 846. The number of nitrogens with one attached hydrogen (secondary N) is 1. The van der Waals surface area contributed by atoms with Crippen LogP contribution in [0.4, 0.5) is 8.78 Å². The number of nitrogens with zero attached hydrogens (tertiary/aromatic N) is 1. The molecule has 0 radical (unpaired) electrons. The first-order chi connectivity index (χ1) is 14.1. The molecule has 1 unspecified atom stereocenters. The van der Waals surface area contributed by atoms with E-state index in [2.05, 4.69) is 5.32 Å². The van der Waals surface area contributed by atoms with E-state index in [0.29, 0.717) is 17.7 Å². The molecule has 0 aliphatic carbocycles. The molecule has 0 fully saturated rings. The van der Waals surface area contributed by atoms with Crippen LogP contribution in [0.1, 0.15) is 39.7 Å². The number of hydrogen-bond donors (Lipinski definition) is 1. The van der Waals surface area contributed by atoms with E-state index in [1.807, 2.05) is 27.7 Å². The molecule has 0 spiro atoms. The van der Waals surface area contributed by atoms with Crippen molar-refractivity contribution in [1.29, 1.82) is 0 Å². The van der Waals surface area contributed by atoms with E-state index in [-0.39, 0.29) is 24.9 Å². The molecule has 7 heteroatoms. The number of carbonyl (C=O) groups is 2. The van der Waals surface area contributed by atoms with E-state index in [9.17, 15) is 18.4 Å². The molecule has 0 aromatic heterocycles. The number of benzene rings is 2. The first-order valence-corrected chi connectivity index (χ1v) is 9.83. The fourth-order valence-electron chi connectivity index (χ4n) is 2.92. The van der Waals surface area contributed by atoms with Gasteiger partial charge in [-0.25, -0.2) is 8.78 Å². The lowest BCUT2D eigenvalue weighted by molar-refractivity contribution is -0.143. The van der Waals surface area contributed by atoms with E-state index in [1.54, 1.807) is 12.1 Å². The van der Waals surface area contributed by atoms with Gasteiger partial charge in [0.05, 0.1) is 0 Å². The van der Waals surface area contributed by atoms with Crippen molar-refractivity contribution in [2.75, 3.05) is 6.61 Å². The molecule has 0 saturated carbocycles. The molecule has 1 atom stereocenters. The molecule has 0 heterocycles. The Balaban J connectivity index is 2.21. The van der Waals surface area contributed by atoms with Gasteiger partial charge in [-0.2, -0.15) is 0 Å². The van der Waals surface area contributed by atoms with E-state index in [0.717, 1.165) is 0 Å². The van der Waals surface area contributed by atoms with Crippen LogP contribution >= 0.6 is 0 Å². The molecule has 0 saturated heterocycles. The standard InChI is InChI=1S/C23H28F2N2O3/c1-5-20(22(29)26-23(2,3)4)27(14-16-6-8-17(24)9-7-16)21(28)15-30-19-12-10-18(25)11-13-19/h6-13,20H,5,14-15H2,1-4H3,(H,26,29). The second kappa shape index (κ2) is 10.2. The number of ether oxygens (including phenoxy) is 1. The van der Waals surface area contributed by atoms with Crippen LogP contribution in [-0.4, -0.2) is 34.9 Å². The summed E-state index contributed by atoms with van der Waals surface area (Å²) in [7, 11) is 0. The van der Waals surface area contributed by atoms with Crippen LogP contribution in [0.25, 0.3) is 0 Å². The number of amides is 2. The monoisotopic (exact) mass is 418 g/mol. The molecule has 1 N–H and O–H groups in total. The van der Waals surface area contributed by atoms with Crippen LogP contribution < -0.4 is 10.1 Å². The highest BCUT2D eigenvalue weighted by molar-refractivity contribution is 5.88. The van der Waals surface area contributed by atoms with E-state index < -0.39 is 23.3 Å². The normalized spacial score (nSPS) is 12.2. The third-order valence-electron chi connectivity index (χ3n) is 4.33. The Labute approximate surface area is 176 Å². The van der Waals surface area contributed by atoms with Crippen molar-refractivity contribution < 1.29 is 23.1 Å². The van der Waals surface area contributed by atoms with Crippen LogP contribution in [0.15, 0.2) is 48.5 Å². The Morgan fingerprint density at radius 3 is 2.03 bits per heavy atom. The van der Waals surface area contributed by atoms with Gasteiger partial charge in [0.25, 0.3) is 5.91 Å². The van der Waals surface area contributed by atoms with Gasteiger partial charge >= 0.3 is 0 Å². The maximum atomic E-state index is 13.3. The summed E-state index contributed by atoms with van der Waals surface area (Å²) in [5.74, 6) is -1.12. The van der Waals surface area contributed by atoms with Crippen molar-refractivity contribution in [2.45, 2.75) is 52.2 Å². The van der Waals surface area contributed by atoms with Crippen molar-refractivity contribution in [1.82, 2.24) is 10.2 Å². The van der Waals surface area contributed by atoms with Crippen LogP contribution in [0.3, 0.4) is 0 Å². The molecule has 0 aliphatic rings. The lowest BCUT2D eigenvalue weighted by Crippen LogP contribution is -2.54. The van der Waals surface area contributed by atoms with E-state index >= 15 is 0 Å². The molecule has 162 valence electrons. The number of hydrogen-bond acceptors (Lipinski definition) is 3. The minimum atomic E-state index is -0.724. The Hall–Kier alpha value is -2.96. The maximum Gasteiger partial charge on any atom is 0.261 e. The Morgan fingerprint density at radius 2 is 1.53 bits per heavy atom. The highest BCUT2D eigenvalue weighted by Crippen LogP contribution is 2.16. The van der Waals surface area contributed by atoms with Crippen LogP contribution in [0.5, 0.6) is 5.75 Å². The lowest BCUT2D eigenvalue weighted by Gasteiger charge is -2.33. The predicted octanol–water partition coefficient (Wildman–Crippen LogP) is 4.07. The third-order valence-corrected chi connectivity index (χ3v) is 4.33. The summed E-state index contributed by atoms with van der Waals surface area (Å²) < 4.78 is 31.8. The van der Waals surface area contributed by atoms with Gasteiger partial charge in [0.15, 0.2) is 6.61 Å². The first-order valence-electron chi connectivity index (χ1n) is 9.83. The van der Waals surface area contributed by atoms with Gasteiger partial charge in [0.1, 0.15) is 23.4 Å². The second-order valence-corrected chi connectivity index (χ2v) is 8.05. The fourth-order valence-corrected chi connectivity index (χ4v) is 2.92. The van der Waals surface area contributed by atoms with E-state index in [4.69, 9.17) is 4.74 Å². The zero-order valence-corrected chi connectivity index (χ0v) is 17.7. The van der Waals surface area contributed by atoms with Crippen molar-refractivity contribution in [2.24, 2.45) is 0 Å². The van der Waals surface area contributed by atoms with Gasteiger partial charge in [-0.05, 0) is 69.2 Å². The Kier molecular flexibility index (Phi) is 7.92. The smallest absolute Gasteiger partial charge is 0.261 e. The molecule has 0 bridgehead atoms. The molecule has 2 amide bonds. The van der Waals surface area contributed by atoms with Gasteiger partial charge in [0.2, 0.25) is 5.91 Å². The van der Waals surface area contributed by atoms with Gasteiger partial charge in [-0.3, -0.25) is 9.59 Å². The van der Waals surface area contributed by atoms with Crippen molar-refractivity contribution in [3.8, 4) is 5.75 Å². The lowest BCUT2D eigenvalue weighted by atomic mass is 10.1. The summed E-state index contributed by atoms with van der Waals surface area (Å²) in [6.45, 7) is 7.22. The van der Waals surface area contributed by atoms with Crippen LogP contribution in [-0.2, 0) is 16.1 Å². The summed E-state index contributed by atoms with van der Waals surface area (Å²) in [5, 5.41) is 2.91. The van der Waals surface area contributed by atoms with Crippen molar-refractivity contribution in [3.63, 3.8) is 0 Å². The van der Waals surface area contributed by atoms with Gasteiger partial charge in [-0.15, -0.1) is 0 Å². The summed E-state index contributed by atoms with van der Waals surface area (Å²) in [5.41, 5.74) is 0.230. The van der Waals surface area contributed by atoms with E-state index in [1.165, 1.54) is 41.3 Å². The van der Waals surface area contributed by atoms with Gasteiger partial charge < -0.3 is 15.0 Å². The molecule has 30 heavy (non-hydrogen) atoms. The molecule has 5 nitrogen and oxygen atoms in total. The molecule has 2 aromatic rings. The van der Waals surface area contributed by atoms with Crippen molar-refractivity contribution >= 4 is 11.8 Å². The first kappa shape index (κ1) is 23.3. The minimum Gasteiger partial charge on any atom is -0.484 e. The summed E-state index contributed by atoms with van der Waals surface area (Å²) in [6, 6.07) is 10.4.